The van der Waals surface area contributed by atoms with E-state index in [2.05, 4.69) is 15.8 Å². The maximum absolute atomic E-state index is 12.3. The van der Waals surface area contributed by atoms with Crippen molar-refractivity contribution < 1.29 is 18.8 Å². The van der Waals surface area contributed by atoms with Gasteiger partial charge in [0.05, 0.1) is 11.5 Å². The number of aromatic nitrogens is 1. The number of hydrogen-bond acceptors (Lipinski definition) is 6. The average Bonchev–Trinajstić information content (AvgIpc) is 3.11. The van der Waals surface area contributed by atoms with E-state index in [0.29, 0.717) is 36.4 Å². The Labute approximate surface area is 178 Å². The Morgan fingerprint density at radius 3 is 2.66 bits per heavy atom. The first kappa shape index (κ1) is 21.7. The number of carbonyl (C=O) groups is 2. The highest BCUT2D eigenvalue weighted by Crippen LogP contribution is 2.35. The second-order valence-electron chi connectivity index (χ2n) is 7.04. The zero-order valence-electron chi connectivity index (χ0n) is 16.2. The summed E-state index contributed by atoms with van der Waals surface area (Å²) in [6.07, 6.45) is 1.64. The van der Waals surface area contributed by atoms with Gasteiger partial charge in [-0.2, -0.15) is 0 Å². The summed E-state index contributed by atoms with van der Waals surface area (Å²) in [6, 6.07) is 9.43. The first-order valence-corrected chi connectivity index (χ1v) is 10.9. The van der Waals surface area contributed by atoms with Gasteiger partial charge in [-0.1, -0.05) is 28.9 Å². The molecule has 1 aliphatic rings. The molecule has 1 aromatic carbocycles. The molecule has 0 aliphatic carbocycles. The van der Waals surface area contributed by atoms with E-state index in [9.17, 15) is 9.59 Å². The minimum absolute atomic E-state index is 0.104. The third-order valence-electron chi connectivity index (χ3n) is 4.87. The summed E-state index contributed by atoms with van der Waals surface area (Å²) in [6.45, 7) is 3.56. The summed E-state index contributed by atoms with van der Waals surface area (Å²) < 4.78 is 10.4. The van der Waals surface area contributed by atoms with Gasteiger partial charge in [-0.15, -0.1) is 11.8 Å². The van der Waals surface area contributed by atoms with Crippen molar-refractivity contribution in [2.75, 3.05) is 36.6 Å². The van der Waals surface area contributed by atoms with Crippen molar-refractivity contribution in [1.82, 2.24) is 10.5 Å². The van der Waals surface area contributed by atoms with E-state index >= 15 is 0 Å². The fourth-order valence-electron chi connectivity index (χ4n) is 3.31. The van der Waals surface area contributed by atoms with Crippen molar-refractivity contribution >= 4 is 41.0 Å². The third kappa shape index (κ3) is 6.22. The minimum atomic E-state index is -0.226. The Bertz CT molecular complexity index is 852. The number of carbonyl (C=O) groups excluding carboxylic acids is 2. The van der Waals surface area contributed by atoms with E-state index in [0.717, 1.165) is 18.4 Å². The number of nitrogens with zero attached hydrogens (tertiary/aromatic N) is 1. The van der Waals surface area contributed by atoms with Crippen molar-refractivity contribution in [3.63, 3.8) is 0 Å². The molecule has 29 heavy (non-hydrogen) atoms. The van der Waals surface area contributed by atoms with Crippen LogP contribution in [-0.4, -0.2) is 48.2 Å². The van der Waals surface area contributed by atoms with Crippen LogP contribution in [0.5, 0.6) is 0 Å². The van der Waals surface area contributed by atoms with Gasteiger partial charge in [-0.05, 0) is 37.5 Å². The van der Waals surface area contributed by atoms with E-state index in [4.69, 9.17) is 20.9 Å². The Hall–Kier alpha value is -2.03. The number of rotatable bonds is 8. The van der Waals surface area contributed by atoms with Crippen LogP contribution in [0.1, 0.15) is 24.2 Å². The number of thioether (sulfide) groups is 1. The molecular weight excluding hydrogens is 414 g/mol. The molecular formula is C20H24ClN3O4S. The number of ether oxygens (including phenoxy) is 1. The van der Waals surface area contributed by atoms with Crippen LogP contribution in [-0.2, 0) is 19.7 Å². The first-order valence-electron chi connectivity index (χ1n) is 9.38. The quantitative estimate of drug-likeness (QED) is 0.658. The number of benzene rings is 1. The molecule has 1 aromatic heterocycles. The molecule has 2 amide bonds. The normalized spacial score (nSPS) is 15.7. The molecule has 2 aromatic rings. The van der Waals surface area contributed by atoms with E-state index in [1.165, 1.54) is 11.8 Å². The molecule has 0 atom stereocenters. The molecule has 0 bridgehead atoms. The summed E-state index contributed by atoms with van der Waals surface area (Å²) in [4.78, 5) is 24.2. The van der Waals surface area contributed by atoms with E-state index < -0.39 is 0 Å². The lowest BCUT2D eigenvalue weighted by atomic mass is 9.74. The molecule has 9 heteroatoms. The van der Waals surface area contributed by atoms with Crippen LogP contribution >= 0.6 is 23.4 Å². The lowest BCUT2D eigenvalue weighted by Gasteiger charge is -2.38. The Morgan fingerprint density at radius 2 is 1.97 bits per heavy atom. The number of amides is 2. The van der Waals surface area contributed by atoms with Crippen molar-refractivity contribution in [2.24, 2.45) is 0 Å². The van der Waals surface area contributed by atoms with Gasteiger partial charge in [-0.25, -0.2) is 0 Å². The third-order valence-corrected chi connectivity index (χ3v) is 6.04. The molecule has 1 fully saturated rings. The number of hydrogen-bond donors (Lipinski definition) is 2. The predicted octanol–water partition coefficient (Wildman–Crippen LogP) is 3.17. The second kappa shape index (κ2) is 10.1. The highest BCUT2D eigenvalue weighted by molar-refractivity contribution is 8.00. The molecule has 0 unspecified atom stereocenters. The van der Waals surface area contributed by atoms with E-state index in [1.54, 1.807) is 13.0 Å². The molecule has 1 aliphatic heterocycles. The highest BCUT2D eigenvalue weighted by Gasteiger charge is 2.35. The van der Waals surface area contributed by atoms with Gasteiger partial charge in [-0.3, -0.25) is 9.59 Å². The second-order valence-corrected chi connectivity index (χ2v) is 8.47. The molecule has 156 valence electrons. The van der Waals surface area contributed by atoms with Crippen LogP contribution < -0.4 is 10.6 Å². The first-order chi connectivity index (χ1) is 14.0. The molecule has 2 heterocycles. The lowest BCUT2D eigenvalue weighted by molar-refractivity contribution is -0.119. The van der Waals surface area contributed by atoms with Gasteiger partial charge in [0.2, 0.25) is 11.8 Å². The lowest BCUT2D eigenvalue weighted by Crippen LogP contribution is -2.45. The minimum Gasteiger partial charge on any atom is -0.381 e. The molecule has 0 saturated carbocycles. The van der Waals surface area contributed by atoms with E-state index in [-0.39, 0.29) is 28.7 Å². The summed E-state index contributed by atoms with van der Waals surface area (Å²) >= 11 is 7.43. The van der Waals surface area contributed by atoms with Crippen molar-refractivity contribution in [3.05, 3.63) is 46.7 Å². The summed E-state index contributed by atoms with van der Waals surface area (Å²) in [5.41, 5.74) is 0.926. The average molecular weight is 438 g/mol. The van der Waals surface area contributed by atoms with Crippen molar-refractivity contribution in [3.8, 4) is 0 Å². The van der Waals surface area contributed by atoms with Crippen LogP contribution in [0, 0.1) is 6.92 Å². The fourth-order valence-corrected chi connectivity index (χ4v) is 4.14. The van der Waals surface area contributed by atoms with Crippen molar-refractivity contribution in [2.45, 2.75) is 25.2 Å². The zero-order valence-corrected chi connectivity index (χ0v) is 17.8. The maximum atomic E-state index is 12.3. The topological polar surface area (TPSA) is 93.5 Å². The monoisotopic (exact) mass is 437 g/mol. The van der Waals surface area contributed by atoms with Crippen LogP contribution in [0.3, 0.4) is 0 Å². The number of nitrogens with one attached hydrogen (secondary N) is 2. The van der Waals surface area contributed by atoms with Crippen LogP contribution in [0.15, 0.2) is 34.9 Å². The van der Waals surface area contributed by atoms with Crippen molar-refractivity contribution in [1.29, 1.82) is 0 Å². The SMILES string of the molecule is Cc1cc(NC(=O)CSCC(=O)NCC2(c3cccc(Cl)c3)CCOCC2)no1. The van der Waals surface area contributed by atoms with Gasteiger partial charge in [0.25, 0.3) is 0 Å². The highest BCUT2D eigenvalue weighted by atomic mass is 35.5. The predicted molar refractivity (Wildman–Crippen MR) is 113 cm³/mol. The van der Waals surface area contributed by atoms with Gasteiger partial charge in [0, 0.05) is 36.3 Å². The van der Waals surface area contributed by atoms with Crippen LogP contribution in [0.2, 0.25) is 5.02 Å². The molecule has 1 saturated heterocycles. The van der Waals surface area contributed by atoms with E-state index in [1.807, 2.05) is 24.3 Å². The molecule has 3 rings (SSSR count). The number of aryl methyl sites for hydroxylation is 1. The molecule has 7 nitrogen and oxygen atoms in total. The smallest absolute Gasteiger partial charge is 0.235 e. The van der Waals surface area contributed by atoms with Gasteiger partial charge in [0.15, 0.2) is 5.82 Å². The largest absolute Gasteiger partial charge is 0.381 e. The number of halogens is 1. The summed E-state index contributed by atoms with van der Waals surface area (Å²) in [5, 5.41) is 10.0. The maximum Gasteiger partial charge on any atom is 0.235 e. The zero-order chi connectivity index (χ0) is 20.7. The molecule has 0 radical (unpaired) electrons. The van der Waals surface area contributed by atoms with Gasteiger partial charge in [0.1, 0.15) is 5.76 Å². The standard InChI is InChI=1S/C20H24ClN3O4S/c1-14-9-17(24-28-14)23-19(26)12-29-11-18(25)22-13-20(5-7-27-8-6-20)15-3-2-4-16(21)10-15/h2-4,9-10H,5-8,11-13H2,1H3,(H,22,25)(H,23,24,26). The van der Waals surface area contributed by atoms with Gasteiger partial charge >= 0.3 is 0 Å². The molecule has 0 spiro atoms. The van der Waals surface area contributed by atoms with Crippen LogP contribution in [0.25, 0.3) is 0 Å². The molecule has 2 N–H and O–H groups in total. The Morgan fingerprint density at radius 1 is 1.21 bits per heavy atom. The summed E-state index contributed by atoms with van der Waals surface area (Å²) in [5.74, 6) is 1.03. The Kier molecular flexibility index (Phi) is 7.57. The number of anilines is 1. The fraction of sp³-hybridized carbons (Fsp3) is 0.450. The Balaban J connectivity index is 1.47. The summed E-state index contributed by atoms with van der Waals surface area (Å²) in [7, 11) is 0. The van der Waals surface area contributed by atoms with Gasteiger partial charge < -0.3 is 19.9 Å². The van der Waals surface area contributed by atoms with Crippen LogP contribution in [0.4, 0.5) is 5.82 Å².